The summed E-state index contributed by atoms with van der Waals surface area (Å²) in [6.07, 6.45) is 0. The van der Waals surface area contributed by atoms with Crippen molar-refractivity contribution in [3.05, 3.63) is 61.5 Å². The van der Waals surface area contributed by atoms with Crippen molar-refractivity contribution in [3.8, 4) is 0 Å². The van der Waals surface area contributed by atoms with E-state index in [1.165, 1.54) is 18.4 Å². The van der Waals surface area contributed by atoms with Crippen LogP contribution in [0.3, 0.4) is 0 Å². The fraction of sp³-hybridized carbons (Fsp3) is 0.278. The zero-order valence-electron chi connectivity index (χ0n) is 14.6. The maximum atomic E-state index is 12.4. The molecule has 0 fully saturated rings. The highest BCUT2D eigenvalue weighted by atomic mass is 35.5. The normalized spacial score (nSPS) is 12.3. The second-order valence-corrected chi connectivity index (χ2v) is 7.46. The van der Waals surface area contributed by atoms with Crippen LogP contribution in [-0.2, 0) is 11.3 Å². The van der Waals surface area contributed by atoms with Crippen molar-refractivity contribution in [1.29, 1.82) is 0 Å². The Balaban J connectivity index is 1.83. The van der Waals surface area contributed by atoms with E-state index in [0.717, 1.165) is 5.56 Å². The largest absolute Gasteiger partial charge is 0.465 e. The van der Waals surface area contributed by atoms with Crippen molar-refractivity contribution < 1.29 is 14.8 Å². The van der Waals surface area contributed by atoms with E-state index in [2.05, 4.69) is 22.2 Å². The molecule has 0 radical (unpaired) electrons. The Hall–Kier alpha value is -2.22. The fourth-order valence-corrected chi connectivity index (χ4v) is 4.01. The summed E-state index contributed by atoms with van der Waals surface area (Å²) >= 11 is 7.10. The predicted octanol–water partition coefficient (Wildman–Crippen LogP) is 2.56. The summed E-state index contributed by atoms with van der Waals surface area (Å²) in [6.45, 7) is 4.32. The van der Waals surface area contributed by atoms with Crippen LogP contribution in [0.5, 0.6) is 0 Å². The number of halogens is 1. The highest BCUT2D eigenvalue weighted by Gasteiger charge is 2.20. The first-order valence-corrected chi connectivity index (χ1v) is 9.29. The summed E-state index contributed by atoms with van der Waals surface area (Å²) in [5.74, 6) is 0.121. The number of esters is 1. The van der Waals surface area contributed by atoms with Crippen LogP contribution in [0.2, 0.25) is 5.02 Å². The number of aromatic nitrogens is 2. The van der Waals surface area contributed by atoms with Gasteiger partial charge in [-0.1, -0.05) is 23.7 Å². The number of carbonyl (C=O) groups excluding carboxylic acids is 1. The van der Waals surface area contributed by atoms with Crippen LogP contribution < -0.4 is 10.9 Å². The topological polar surface area (TPSA) is 88.7 Å². The molecule has 1 aromatic carbocycles. The van der Waals surface area contributed by atoms with E-state index < -0.39 is 5.97 Å². The minimum absolute atomic E-state index is 0.184. The number of nitrogens with zero attached hydrogens (tertiary/aromatic N) is 1. The van der Waals surface area contributed by atoms with Gasteiger partial charge in [-0.15, -0.1) is 11.3 Å². The minimum atomic E-state index is -0.450. The van der Waals surface area contributed by atoms with Crippen molar-refractivity contribution >= 4 is 39.1 Å². The van der Waals surface area contributed by atoms with Crippen LogP contribution >= 0.6 is 22.9 Å². The van der Waals surface area contributed by atoms with Crippen LogP contribution in [0.4, 0.5) is 0 Å². The smallest absolute Gasteiger partial charge is 0.348 e. The SMILES string of the molecule is COC(=O)c1sc2nc(C[NH2+][C@@H](C)c3ccc(Cl)cc3)[nH]c(=O)c2c1C. The van der Waals surface area contributed by atoms with Crippen molar-refractivity contribution in [2.45, 2.75) is 26.4 Å². The van der Waals surface area contributed by atoms with Gasteiger partial charge < -0.3 is 15.0 Å². The summed E-state index contributed by atoms with van der Waals surface area (Å²) in [6, 6.07) is 7.86. The van der Waals surface area contributed by atoms with E-state index >= 15 is 0 Å². The molecule has 6 nitrogen and oxygen atoms in total. The summed E-state index contributed by atoms with van der Waals surface area (Å²) in [5.41, 5.74) is 1.51. The number of nitrogens with one attached hydrogen (secondary N) is 1. The van der Waals surface area contributed by atoms with Gasteiger partial charge in [-0.2, -0.15) is 0 Å². The van der Waals surface area contributed by atoms with E-state index in [9.17, 15) is 9.59 Å². The van der Waals surface area contributed by atoms with Crippen molar-refractivity contribution in [2.75, 3.05) is 7.11 Å². The quantitative estimate of drug-likeness (QED) is 0.653. The lowest BCUT2D eigenvalue weighted by Crippen LogP contribution is -2.83. The molecule has 2 heterocycles. The number of aryl methyl sites for hydroxylation is 1. The first-order valence-electron chi connectivity index (χ1n) is 8.10. The molecule has 0 saturated carbocycles. The third-order valence-corrected chi connectivity index (χ3v) is 5.70. The molecule has 0 bridgehead atoms. The Morgan fingerprint density at radius 3 is 2.73 bits per heavy atom. The van der Waals surface area contributed by atoms with Crippen LogP contribution in [0.1, 0.15) is 39.6 Å². The molecular formula is C18H19ClN3O3S+. The Morgan fingerprint density at radius 1 is 1.38 bits per heavy atom. The van der Waals surface area contributed by atoms with Gasteiger partial charge in [-0.25, -0.2) is 9.78 Å². The molecule has 3 rings (SSSR count). The van der Waals surface area contributed by atoms with E-state index in [-0.39, 0.29) is 11.6 Å². The van der Waals surface area contributed by atoms with E-state index in [4.69, 9.17) is 16.3 Å². The molecule has 3 aromatic rings. The highest BCUT2D eigenvalue weighted by Crippen LogP contribution is 2.27. The van der Waals surface area contributed by atoms with Crippen molar-refractivity contribution in [2.24, 2.45) is 0 Å². The van der Waals surface area contributed by atoms with Crippen LogP contribution in [-0.4, -0.2) is 23.0 Å². The lowest BCUT2D eigenvalue weighted by Gasteiger charge is -2.10. The summed E-state index contributed by atoms with van der Waals surface area (Å²) in [4.78, 5) is 32.5. The van der Waals surface area contributed by atoms with Crippen molar-refractivity contribution in [1.82, 2.24) is 9.97 Å². The monoisotopic (exact) mass is 392 g/mol. The average molecular weight is 393 g/mol. The number of nitrogens with two attached hydrogens (primary N) is 1. The molecule has 2 aromatic heterocycles. The molecule has 0 aliphatic carbocycles. The number of fused-ring (bicyclic) bond motifs is 1. The van der Waals surface area contributed by atoms with Crippen molar-refractivity contribution in [3.63, 3.8) is 0 Å². The number of hydrogen-bond donors (Lipinski definition) is 2. The number of ether oxygens (including phenoxy) is 1. The van der Waals surface area contributed by atoms with E-state index in [1.54, 1.807) is 6.92 Å². The molecule has 0 saturated heterocycles. The van der Waals surface area contributed by atoms with Crippen LogP contribution in [0.15, 0.2) is 29.1 Å². The zero-order chi connectivity index (χ0) is 18.8. The number of aromatic amines is 1. The molecule has 1 atom stereocenters. The van der Waals surface area contributed by atoms with Gasteiger partial charge in [0.05, 0.1) is 12.5 Å². The van der Waals surface area contributed by atoms with Crippen LogP contribution in [0.25, 0.3) is 10.2 Å². The standard InChI is InChI=1S/C18H18ClN3O3S/c1-9-14-16(23)21-13(22-17(14)26-15(9)18(24)25-3)8-20-10(2)11-4-6-12(19)7-5-11/h4-7,10,20H,8H2,1-3H3,(H,21,22,23)/p+1/t10-/m0/s1. The van der Waals surface area contributed by atoms with Gasteiger partial charge >= 0.3 is 5.97 Å². The molecule has 136 valence electrons. The second kappa shape index (κ2) is 7.57. The summed E-state index contributed by atoms with van der Waals surface area (Å²) in [5, 5.41) is 3.23. The third-order valence-electron chi connectivity index (χ3n) is 4.28. The molecular weight excluding hydrogens is 374 g/mol. The lowest BCUT2D eigenvalue weighted by molar-refractivity contribution is -0.708. The molecule has 0 aliphatic heterocycles. The van der Waals surface area contributed by atoms with Gasteiger partial charge in [0.2, 0.25) is 0 Å². The van der Waals surface area contributed by atoms with Gasteiger partial charge in [0, 0.05) is 10.6 Å². The molecule has 0 amide bonds. The minimum Gasteiger partial charge on any atom is -0.465 e. The van der Waals surface area contributed by atoms with E-state index in [1.807, 2.05) is 24.3 Å². The van der Waals surface area contributed by atoms with E-state index in [0.29, 0.717) is 38.0 Å². The Morgan fingerprint density at radius 2 is 2.08 bits per heavy atom. The number of H-pyrrole nitrogens is 1. The number of carbonyl (C=O) groups is 1. The number of benzene rings is 1. The lowest BCUT2D eigenvalue weighted by atomic mass is 10.1. The Bertz CT molecular complexity index is 1010. The number of quaternary nitrogens is 1. The maximum Gasteiger partial charge on any atom is 0.348 e. The first kappa shape index (κ1) is 18.6. The molecule has 0 spiro atoms. The van der Waals surface area contributed by atoms with Gasteiger partial charge in [0.25, 0.3) is 5.56 Å². The number of rotatable bonds is 5. The van der Waals surface area contributed by atoms with Gasteiger partial charge in [-0.3, -0.25) is 4.79 Å². The fourth-order valence-electron chi connectivity index (χ4n) is 2.76. The van der Waals surface area contributed by atoms with Crippen LogP contribution in [0, 0.1) is 6.92 Å². The molecule has 0 aliphatic rings. The van der Waals surface area contributed by atoms with Gasteiger partial charge in [-0.05, 0) is 31.5 Å². The Labute approximate surface area is 159 Å². The highest BCUT2D eigenvalue weighted by molar-refractivity contribution is 7.20. The Kier molecular flexibility index (Phi) is 5.41. The zero-order valence-corrected chi connectivity index (χ0v) is 16.2. The summed E-state index contributed by atoms with van der Waals surface area (Å²) in [7, 11) is 1.32. The molecule has 3 N–H and O–H groups in total. The number of methoxy groups -OCH3 is 1. The molecule has 0 unspecified atom stereocenters. The average Bonchev–Trinajstić information content (AvgIpc) is 2.96. The summed E-state index contributed by atoms with van der Waals surface area (Å²) < 4.78 is 4.77. The second-order valence-electron chi connectivity index (χ2n) is 6.02. The third kappa shape index (κ3) is 3.65. The first-order chi connectivity index (χ1) is 12.4. The van der Waals surface area contributed by atoms with Gasteiger partial charge in [0.1, 0.15) is 22.3 Å². The predicted molar refractivity (Wildman–Crippen MR) is 102 cm³/mol. The number of hydrogen-bond acceptors (Lipinski definition) is 5. The molecule has 26 heavy (non-hydrogen) atoms. The maximum absolute atomic E-state index is 12.4. The van der Waals surface area contributed by atoms with Gasteiger partial charge in [0.15, 0.2) is 5.82 Å². The number of thiophene rings is 1. The molecule has 8 heteroatoms.